The summed E-state index contributed by atoms with van der Waals surface area (Å²) in [5, 5.41) is 11.4. The number of anilines is 4. The highest BCUT2D eigenvalue weighted by atomic mass is 35.5. The second-order valence-electron chi connectivity index (χ2n) is 5.96. The number of halogens is 2. The van der Waals surface area contributed by atoms with Crippen molar-refractivity contribution in [3.63, 3.8) is 0 Å². The molecule has 0 atom stereocenters. The van der Waals surface area contributed by atoms with Crippen LogP contribution in [0.3, 0.4) is 0 Å². The fourth-order valence-electron chi connectivity index (χ4n) is 2.41. The maximum atomic E-state index is 13.1. The standard InChI is InChI=1S/C19H19ClFN7O/c1-12-25-17(11-18(26-12)28-16-4-2-3-7-22-16)23-8-9-24-19(29)27-13-5-6-15(21)14(20)10-13/h2-7,10-11H,8-9H2,1H3,(H2,24,27,29)(H2,22,23,25,26,28). The highest BCUT2D eigenvalue weighted by Crippen LogP contribution is 2.19. The Labute approximate surface area is 171 Å². The first kappa shape index (κ1) is 20.3. The predicted molar refractivity (Wildman–Crippen MR) is 111 cm³/mol. The van der Waals surface area contributed by atoms with Crippen molar-refractivity contribution in [3.8, 4) is 0 Å². The van der Waals surface area contributed by atoms with Crippen molar-refractivity contribution in [1.29, 1.82) is 0 Å². The number of aryl methyl sites for hydroxylation is 1. The number of hydrogen-bond donors (Lipinski definition) is 4. The molecule has 0 aliphatic rings. The summed E-state index contributed by atoms with van der Waals surface area (Å²) in [6.07, 6.45) is 1.69. The van der Waals surface area contributed by atoms with Gasteiger partial charge >= 0.3 is 6.03 Å². The van der Waals surface area contributed by atoms with E-state index < -0.39 is 11.8 Å². The number of carbonyl (C=O) groups excluding carboxylic acids is 1. The van der Waals surface area contributed by atoms with Gasteiger partial charge in [0.25, 0.3) is 0 Å². The molecule has 2 heterocycles. The van der Waals surface area contributed by atoms with E-state index in [0.29, 0.717) is 42.1 Å². The van der Waals surface area contributed by atoms with E-state index in [1.807, 2.05) is 18.2 Å². The first-order valence-electron chi connectivity index (χ1n) is 8.77. The van der Waals surface area contributed by atoms with Gasteiger partial charge in [0.1, 0.15) is 29.1 Å². The van der Waals surface area contributed by atoms with Crippen molar-refractivity contribution in [2.75, 3.05) is 29.0 Å². The number of amides is 2. The van der Waals surface area contributed by atoms with Gasteiger partial charge in [-0.05, 0) is 37.3 Å². The second-order valence-corrected chi connectivity index (χ2v) is 6.37. The van der Waals surface area contributed by atoms with Crippen LogP contribution in [-0.4, -0.2) is 34.1 Å². The molecule has 0 bridgehead atoms. The van der Waals surface area contributed by atoms with Crippen LogP contribution >= 0.6 is 11.6 Å². The monoisotopic (exact) mass is 415 g/mol. The van der Waals surface area contributed by atoms with Gasteiger partial charge in [-0.1, -0.05) is 17.7 Å². The Hall–Kier alpha value is -3.46. The highest BCUT2D eigenvalue weighted by Gasteiger charge is 2.06. The number of pyridine rings is 1. The first-order valence-corrected chi connectivity index (χ1v) is 9.15. The number of nitrogens with one attached hydrogen (secondary N) is 4. The van der Waals surface area contributed by atoms with Crippen LogP contribution < -0.4 is 21.3 Å². The lowest BCUT2D eigenvalue weighted by Gasteiger charge is -2.11. The molecule has 0 saturated carbocycles. The van der Waals surface area contributed by atoms with Gasteiger partial charge in [0.05, 0.1) is 5.02 Å². The van der Waals surface area contributed by atoms with Gasteiger partial charge in [-0.2, -0.15) is 0 Å². The lowest BCUT2D eigenvalue weighted by Crippen LogP contribution is -2.32. The fraction of sp³-hybridized carbons (Fsp3) is 0.158. The summed E-state index contributed by atoms with van der Waals surface area (Å²) in [6.45, 7) is 2.57. The van der Waals surface area contributed by atoms with Gasteiger partial charge in [-0.15, -0.1) is 0 Å². The lowest BCUT2D eigenvalue weighted by atomic mass is 10.3. The number of urea groups is 1. The molecule has 0 radical (unpaired) electrons. The third-order valence-corrected chi connectivity index (χ3v) is 3.94. The van der Waals surface area contributed by atoms with Crippen molar-refractivity contribution in [1.82, 2.24) is 20.3 Å². The third kappa shape index (κ3) is 6.28. The predicted octanol–water partition coefficient (Wildman–Crippen LogP) is 3.95. The maximum absolute atomic E-state index is 13.1. The fourth-order valence-corrected chi connectivity index (χ4v) is 2.59. The molecule has 150 valence electrons. The topological polar surface area (TPSA) is 104 Å². The van der Waals surface area contributed by atoms with Gasteiger partial charge in [0.2, 0.25) is 0 Å². The van der Waals surface area contributed by atoms with Crippen LogP contribution in [0.2, 0.25) is 5.02 Å². The van der Waals surface area contributed by atoms with Crippen LogP contribution in [0.4, 0.5) is 32.3 Å². The summed E-state index contributed by atoms with van der Waals surface area (Å²) in [5.41, 5.74) is 0.401. The van der Waals surface area contributed by atoms with E-state index >= 15 is 0 Å². The third-order valence-electron chi connectivity index (χ3n) is 3.65. The average Bonchev–Trinajstić information content (AvgIpc) is 2.68. The van der Waals surface area contributed by atoms with E-state index in [-0.39, 0.29) is 5.02 Å². The van der Waals surface area contributed by atoms with Gasteiger partial charge in [0.15, 0.2) is 0 Å². The molecule has 0 aliphatic heterocycles. The quantitative estimate of drug-likeness (QED) is 0.435. The minimum absolute atomic E-state index is 0.0567. The first-order chi connectivity index (χ1) is 14.0. The molecule has 0 saturated heterocycles. The maximum Gasteiger partial charge on any atom is 0.319 e. The number of hydrogen-bond acceptors (Lipinski definition) is 6. The number of benzene rings is 1. The van der Waals surface area contributed by atoms with E-state index in [1.54, 1.807) is 19.2 Å². The van der Waals surface area contributed by atoms with Crippen molar-refractivity contribution in [3.05, 3.63) is 65.3 Å². The Morgan fingerprint density at radius 2 is 1.90 bits per heavy atom. The zero-order valence-electron chi connectivity index (χ0n) is 15.5. The molecular formula is C19H19ClFN7O. The Balaban J connectivity index is 1.47. The molecule has 3 aromatic rings. The van der Waals surface area contributed by atoms with E-state index in [4.69, 9.17) is 11.6 Å². The van der Waals surface area contributed by atoms with Crippen molar-refractivity contribution in [2.24, 2.45) is 0 Å². The van der Waals surface area contributed by atoms with E-state index in [1.165, 1.54) is 18.2 Å². The van der Waals surface area contributed by atoms with Gasteiger partial charge in [-0.3, -0.25) is 0 Å². The number of nitrogens with zero attached hydrogens (tertiary/aromatic N) is 3. The zero-order valence-corrected chi connectivity index (χ0v) is 16.3. The minimum atomic E-state index is -0.543. The molecule has 29 heavy (non-hydrogen) atoms. The van der Waals surface area contributed by atoms with Crippen molar-refractivity contribution in [2.45, 2.75) is 6.92 Å². The molecule has 0 fully saturated rings. The molecule has 0 unspecified atom stereocenters. The molecule has 8 nitrogen and oxygen atoms in total. The van der Waals surface area contributed by atoms with Crippen LogP contribution in [0.25, 0.3) is 0 Å². The highest BCUT2D eigenvalue weighted by molar-refractivity contribution is 6.31. The summed E-state index contributed by atoms with van der Waals surface area (Å²) < 4.78 is 13.1. The molecule has 0 aliphatic carbocycles. The SMILES string of the molecule is Cc1nc(NCCNC(=O)Nc2ccc(F)c(Cl)c2)cc(Nc2ccccn2)n1. The van der Waals surface area contributed by atoms with E-state index in [0.717, 1.165) is 0 Å². The largest absolute Gasteiger partial charge is 0.368 e. The van der Waals surface area contributed by atoms with E-state index in [9.17, 15) is 9.18 Å². The minimum Gasteiger partial charge on any atom is -0.368 e. The normalized spacial score (nSPS) is 10.3. The number of carbonyl (C=O) groups is 1. The smallest absolute Gasteiger partial charge is 0.319 e. The van der Waals surface area contributed by atoms with Crippen LogP contribution in [-0.2, 0) is 0 Å². The van der Waals surface area contributed by atoms with Gasteiger partial charge < -0.3 is 21.3 Å². The summed E-state index contributed by atoms with van der Waals surface area (Å²) in [5.74, 6) is 1.95. The summed E-state index contributed by atoms with van der Waals surface area (Å²) in [6, 6.07) is 10.8. The molecule has 2 amide bonds. The number of rotatable bonds is 7. The molecule has 0 spiro atoms. The Morgan fingerprint density at radius 1 is 1.07 bits per heavy atom. The Bertz CT molecular complexity index is 988. The summed E-state index contributed by atoms with van der Waals surface area (Å²) in [4.78, 5) is 24.7. The van der Waals surface area contributed by atoms with Crippen LogP contribution in [0.1, 0.15) is 5.82 Å². The lowest BCUT2D eigenvalue weighted by molar-refractivity contribution is 0.252. The molecule has 1 aromatic carbocycles. The zero-order chi connectivity index (χ0) is 20.6. The van der Waals surface area contributed by atoms with Crippen molar-refractivity contribution < 1.29 is 9.18 Å². The molecule has 4 N–H and O–H groups in total. The number of aromatic nitrogens is 3. The molecule has 3 rings (SSSR count). The molecular weight excluding hydrogens is 397 g/mol. The van der Waals surface area contributed by atoms with Crippen molar-refractivity contribution >= 4 is 40.8 Å². The van der Waals surface area contributed by atoms with Crippen LogP contribution in [0, 0.1) is 12.7 Å². The Morgan fingerprint density at radius 3 is 2.66 bits per heavy atom. The summed E-state index contributed by atoms with van der Waals surface area (Å²) in [7, 11) is 0. The molecule has 10 heteroatoms. The second kappa shape index (κ2) is 9.65. The summed E-state index contributed by atoms with van der Waals surface area (Å²) >= 11 is 5.69. The van der Waals surface area contributed by atoms with Crippen LogP contribution in [0.15, 0.2) is 48.7 Å². The Kier molecular flexibility index (Phi) is 6.75. The molecule has 2 aromatic heterocycles. The average molecular weight is 416 g/mol. The van der Waals surface area contributed by atoms with Gasteiger partial charge in [0, 0.05) is 31.0 Å². The van der Waals surface area contributed by atoms with E-state index in [2.05, 4.69) is 36.2 Å². The van der Waals surface area contributed by atoms with Gasteiger partial charge in [-0.25, -0.2) is 24.1 Å². The van der Waals surface area contributed by atoms with Crippen LogP contribution in [0.5, 0.6) is 0 Å².